The number of rotatable bonds is 23. The number of hydrogen-bond acceptors (Lipinski definition) is 3. The third-order valence-electron chi connectivity index (χ3n) is 7.72. The smallest absolute Gasteiger partial charge is 0.119 e. The highest BCUT2D eigenvalue weighted by Crippen LogP contribution is 2.21. The fourth-order valence-electron chi connectivity index (χ4n) is 5.27. The minimum atomic E-state index is 0.814. The molecule has 0 atom stereocenters. The highest BCUT2D eigenvalue weighted by atomic mass is 16.5. The van der Waals surface area contributed by atoms with Crippen molar-refractivity contribution in [2.75, 3.05) is 44.2 Å². The SMILES string of the molecule is C=CCCCCCOc1ccc(N2CCN(CCCCCCCCCCCCCCCC)CC2)cc1. The monoisotopic (exact) mass is 498 g/mol. The average molecular weight is 499 g/mol. The molecule has 1 aliphatic heterocycles. The molecule has 0 bridgehead atoms. The van der Waals surface area contributed by atoms with E-state index in [0.29, 0.717) is 0 Å². The molecule has 1 aliphatic rings. The van der Waals surface area contributed by atoms with E-state index < -0.39 is 0 Å². The van der Waals surface area contributed by atoms with Gasteiger partial charge in [-0.1, -0.05) is 96.5 Å². The highest BCUT2D eigenvalue weighted by molar-refractivity contribution is 5.49. The lowest BCUT2D eigenvalue weighted by Crippen LogP contribution is -2.46. The molecule has 1 aromatic rings. The predicted octanol–water partition coefficient (Wildman–Crippen LogP) is 9.42. The second-order valence-corrected chi connectivity index (χ2v) is 10.9. The summed E-state index contributed by atoms with van der Waals surface area (Å²) in [7, 11) is 0. The first kappa shape index (κ1) is 30.7. The van der Waals surface area contributed by atoms with Crippen molar-refractivity contribution < 1.29 is 4.74 Å². The number of benzene rings is 1. The number of ether oxygens (including phenoxy) is 1. The lowest BCUT2D eigenvalue weighted by atomic mass is 10.0. The van der Waals surface area contributed by atoms with Gasteiger partial charge >= 0.3 is 0 Å². The summed E-state index contributed by atoms with van der Waals surface area (Å²) in [6, 6.07) is 8.74. The Morgan fingerprint density at radius 2 is 1.19 bits per heavy atom. The first-order valence-corrected chi connectivity index (χ1v) is 15.6. The Balaban J connectivity index is 1.41. The van der Waals surface area contributed by atoms with Gasteiger partial charge in [0.15, 0.2) is 0 Å². The van der Waals surface area contributed by atoms with E-state index >= 15 is 0 Å². The van der Waals surface area contributed by atoms with Crippen LogP contribution in [0.5, 0.6) is 5.75 Å². The van der Waals surface area contributed by atoms with E-state index in [1.54, 1.807) is 0 Å². The third kappa shape index (κ3) is 14.9. The summed E-state index contributed by atoms with van der Waals surface area (Å²) in [6.45, 7) is 12.8. The van der Waals surface area contributed by atoms with Crippen LogP contribution >= 0.6 is 0 Å². The number of nitrogens with zero attached hydrogens (tertiary/aromatic N) is 2. The van der Waals surface area contributed by atoms with Gasteiger partial charge in [0.2, 0.25) is 0 Å². The van der Waals surface area contributed by atoms with Gasteiger partial charge in [-0.05, 0) is 62.9 Å². The average Bonchev–Trinajstić information content (AvgIpc) is 2.91. The van der Waals surface area contributed by atoms with Crippen LogP contribution in [0.15, 0.2) is 36.9 Å². The fraction of sp³-hybridized carbons (Fsp3) is 0.758. The Labute approximate surface area is 224 Å². The molecule has 3 heteroatoms. The summed E-state index contributed by atoms with van der Waals surface area (Å²) >= 11 is 0. The van der Waals surface area contributed by atoms with Crippen molar-refractivity contribution in [2.24, 2.45) is 0 Å². The molecule has 0 unspecified atom stereocenters. The van der Waals surface area contributed by atoms with Crippen LogP contribution in [0.1, 0.15) is 122 Å². The van der Waals surface area contributed by atoms with E-state index in [4.69, 9.17) is 4.74 Å². The van der Waals surface area contributed by atoms with Crippen molar-refractivity contribution in [2.45, 2.75) is 122 Å². The summed E-state index contributed by atoms with van der Waals surface area (Å²) in [5, 5.41) is 0. The summed E-state index contributed by atoms with van der Waals surface area (Å²) in [5.74, 6) is 0.999. The Hall–Kier alpha value is -1.48. The van der Waals surface area contributed by atoms with Gasteiger partial charge in [0.1, 0.15) is 5.75 Å². The van der Waals surface area contributed by atoms with Crippen LogP contribution in [0.25, 0.3) is 0 Å². The Bertz CT molecular complexity index is 621. The van der Waals surface area contributed by atoms with Crippen LogP contribution in [0.4, 0.5) is 5.69 Å². The molecule has 0 saturated carbocycles. The van der Waals surface area contributed by atoms with E-state index in [-0.39, 0.29) is 0 Å². The van der Waals surface area contributed by atoms with Crippen LogP contribution in [-0.2, 0) is 0 Å². The van der Waals surface area contributed by atoms with Crippen molar-refractivity contribution in [3.05, 3.63) is 36.9 Å². The molecular formula is C33H58N2O. The molecule has 36 heavy (non-hydrogen) atoms. The highest BCUT2D eigenvalue weighted by Gasteiger charge is 2.16. The quantitative estimate of drug-likeness (QED) is 0.110. The maximum Gasteiger partial charge on any atom is 0.119 e. The molecular weight excluding hydrogens is 440 g/mol. The number of hydrogen-bond donors (Lipinski definition) is 0. The van der Waals surface area contributed by atoms with Crippen LogP contribution in [-0.4, -0.2) is 44.2 Å². The second kappa shape index (κ2) is 21.6. The van der Waals surface area contributed by atoms with Gasteiger partial charge in [-0.15, -0.1) is 6.58 Å². The third-order valence-corrected chi connectivity index (χ3v) is 7.72. The van der Waals surface area contributed by atoms with Gasteiger partial charge in [0.25, 0.3) is 0 Å². The number of anilines is 1. The van der Waals surface area contributed by atoms with E-state index in [1.165, 1.54) is 128 Å². The van der Waals surface area contributed by atoms with E-state index in [1.807, 2.05) is 6.08 Å². The lowest BCUT2D eigenvalue weighted by Gasteiger charge is -2.36. The summed E-state index contributed by atoms with van der Waals surface area (Å²) in [6.07, 6.45) is 26.8. The van der Waals surface area contributed by atoms with E-state index in [2.05, 4.69) is 47.6 Å². The molecule has 1 heterocycles. The molecule has 0 aliphatic carbocycles. The second-order valence-electron chi connectivity index (χ2n) is 10.9. The molecule has 3 nitrogen and oxygen atoms in total. The number of allylic oxidation sites excluding steroid dienone is 1. The Morgan fingerprint density at radius 1 is 0.667 bits per heavy atom. The Morgan fingerprint density at radius 3 is 1.75 bits per heavy atom. The van der Waals surface area contributed by atoms with Gasteiger partial charge in [0.05, 0.1) is 6.61 Å². The molecule has 0 radical (unpaired) electrons. The molecule has 0 amide bonds. The predicted molar refractivity (Wildman–Crippen MR) is 160 cm³/mol. The zero-order chi connectivity index (χ0) is 25.5. The van der Waals surface area contributed by atoms with Gasteiger partial charge < -0.3 is 9.64 Å². The normalized spacial score (nSPS) is 14.3. The summed E-state index contributed by atoms with van der Waals surface area (Å²) in [5.41, 5.74) is 1.34. The van der Waals surface area contributed by atoms with Gasteiger partial charge in [-0.25, -0.2) is 0 Å². The topological polar surface area (TPSA) is 15.7 Å². The maximum atomic E-state index is 5.91. The fourth-order valence-corrected chi connectivity index (χ4v) is 5.27. The Kier molecular flexibility index (Phi) is 18.4. The van der Waals surface area contributed by atoms with Gasteiger partial charge in [-0.2, -0.15) is 0 Å². The first-order valence-electron chi connectivity index (χ1n) is 15.6. The largest absolute Gasteiger partial charge is 0.494 e. The first-order chi connectivity index (χ1) is 17.8. The summed E-state index contributed by atoms with van der Waals surface area (Å²) in [4.78, 5) is 5.20. The minimum Gasteiger partial charge on any atom is -0.494 e. The van der Waals surface area contributed by atoms with Crippen molar-refractivity contribution in [1.29, 1.82) is 0 Å². The van der Waals surface area contributed by atoms with Crippen molar-refractivity contribution >= 4 is 5.69 Å². The molecule has 1 fully saturated rings. The molecule has 0 spiro atoms. The number of piperazine rings is 1. The van der Waals surface area contributed by atoms with Crippen molar-refractivity contribution in [3.63, 3.8) is 0 Å². The zero-order valence-corrected chi connectivity index (χ0v) is 23.9. The summed E-state index contributed by atoms with van der Waals surface area (Å²) < 4.78 is 5.91. The van der Waals surface area contributed by atoms with Crippen LogP contribution in [0.2, 0.25) is 0 Å². The standard InChI is InChI=1S/C33H58N2O/c1-3-5-7-9-10-11-12-13-14-15-16-17-18-20-26-34-27-29-35(30-28-34)32-22-24-33(25-23-32)36-31-21-19-8-6-4-2/h4,22-25H,2-3,5-21,26-31H2,1H3. The van der Waals surface area contributed by atoms with Crippen LogP contribution < -0.4 is 9.64 Å². The molecule has 1 saturated heterocycles. The van der Waals surface area contributed by atoms with Crippen LogP contribution in [0.3, 0.4) is 0 Å². The van der Waals surface area contributed by atoms with E-state index in [9.17, 15) is 0 Å². The van der Waals surface area contributed by atoms with Gasteiger partial charge in [0, 0.05) is 31.9 Å². The van der Waals surface area contributed by atoms with E-state index in [0.717, 1.165) is 38.3 Å². The molecule has 1 aromatic carbocycles. The van der Waals surface area contributed by atoms with Crippen molar-refractivity contribution in [1.82, 2.24) is 4.90 Å². The van der Waals surface area contributed by atoms with Crippen LogP contribution in [0, 0.1) is 0 Å². The molecule has 206 valence electrons. The molecule has 2 rings (SSSR count). The zero-order valence-electron chi connectivity index (χ0n) is 23.9. The molecule has 0 N–H and O–H groups in total. The minimum absolute atomic E-state index is 0.814. The maximum absolute atomic E-state index is 5.91. The van der Waals surface area contributed by atoms with Gasteiger partial charge in [-0.3, -0.25) is 4.90 Å². The lowest BCUT2D eigenvalue weighted by molar-refractivity contribution is 0.252. The van der Waals surface area contributed by atoms with Crippen molar-refractivity contribution in [3.8, 4) is 5.75 Å². The number of unbranched alkanes of at least 4 members (excludes halogenated alkanes) is 16. The molecule has 0 aromatic heterocycles.